The Morgan fingerprint density at radius 3 is 2.88 bits per heavy atom. The largest absolute Gasteiger partial charge is 0.472 e. The maximum absolute atomic E-state index is 11.6. The summed E-state index contributed by atoms with van der Waals surface area (Å²) in [5.74, 6) is -0.375. The highest BCUT2D eigenvalue weighted by Crippen LogP contribution is 2.19. The van der Waals surface area contributed by atoms with E-state index in [0.717, 1.165) is 11.3 Å². The fourth-order valence-electron chi connectivity index (χ4n) is 1.06. The van der Waals surface area contributed by atoms with E-state index in [0.29, 0.717) is 15.6 Å². The van der Waals surface area contributed by atoms with Crippen molar-refractivity contribution in [2.75, 3.05) is 5.32 Å². The van der Waals surface area contributed by atoms with Crippen LogP contribution in [-0.2, 0) is 0 Å². The summed E-state index contributed by atoms with van der Waals surface area (Å²) >= 11 is 1.14. The fraction of sp³-hybridized carbons (Fsp3) is 0.100. The number of furan rings is 1. The predicted octanol–water partition coefficient (Wildman–Crippen LogP) is 2.19. The van der Waals surface area contributed by atoms with Gasteiger partial charge in [0.1, 0.15) is 6.26 Å². The van der Waals surface area contributed by atoms with E-state index in [-0.39, 0.29) is 11.7 Å². The Kier molecular flexibility index (Phi) is 2.82. The highest BCUT2D eigenvalue weighted by molar-refractivity contribution is 7.17. The number of nitrogens with one attached hydrogen (secondary N) is 1. The Hall–Kier alpha value is -1.95. The summed E-state index contributed by atoms with van der Waals surface area (Å²) in [6.45, 7) is 1.45. The van der Waals surface area contributed by atoms with Crippen molar-refractivity contribution in [2.24, 2.45) is 0 Å². The number of thiazole rings is 1. The summed E-state index contributed by atoms with van der Waals surface area (Å²) in [5.41, 5.74) is 0.416. The van der Waals surface area contributed by atoms with Crippen LogP contribution in [0.3, 0.4) is 0 Å². The van der Waals surface area contributed by atoms with E-state index in [9.17, 15) is 9.59 Å². The van der Waals surface area contributed by atoms with Crippen LogP contribution in [0, 0.1) is 0 Å². The number of carbonyl (C=O) groups excluding carboxylic acids is 2. The minimum absolute atomic E-state index is 0.0682. The van der Waals surface area contributed by atoms with Gasteiger partial charge < -0.3 is 4.42 Å². The van der Waals surface area contributed by atoms with E-state index >= 15 is 0 Å². The zero-order valence-corrected chi connectivity index (χ0v) is 9.21. The molecule has 0 saturated carbocycles. The molecule has 0 aliphatic rings. The number of ketones is 1. The Morgan fingerprint density at radius 1 is 1.50 bits per heavy atom. The van der Waals surface area contributed by atoms with E-state index in [4.69, 9.17) is 4.42 Å². The van der Waals surface area contributed by atoms with Crippen molar-refractivity contribution in [1.29, 1.82) is 0 Å². The van der Waals surface area contributed by atoms with Gasteiger partial charge in [0.15, 0.2) is 10.9 Å². The molecule has 0 bridgehead atoms. The van der Waals surface area contributed by atoms with Gasteiger partial charge in [-0.3, -0.25) is 14.9 Å². The molecular weight excluding hydrogens is 228 g/mol. The van der Waals surface area contributed by atoms with Crippen LogP contribution in [0.4, 0.5) is 5.13 Å². The number of amides is 1. The van der Waals surface area contributed by atoms with Gasteiger partial charge in [-0.2, -0.15) is 0 Å². The number of Topliss-reactive ketones (excluding diaryl/α,β-unsaturated/α-hetero) is 1. The molecule has 0 fully saturated rings. The summed E-state index contributed by atoms with van der Waals surface area (Å²) in [4.78, 5) is 27.0. The summed E-state index contributed by atoms with van der Waals surface area (Å²) < 4.78 is 4.78. The van der Waals surface area contributed by atoms with Crippen molar-refractivity contribution in [3.63, 3.8) is 0 Å². The molecule has 1 amide bonds. The summed E-state index contributed by atoms with van der Waals surface area (Å²) in [7, 11) is 0. The molecule has 1 N–H and O–H groups in total. The zero-order chi connectivity index (χ0) is 11.5. The maximum atomic E-state index is 11.6. The van der Waals surface area contributed by atoms with Crippen LogP contribution in [0.25, 0.3) is 0 Å². The molecule has 16 heavy (non-hydrogen) atoms. The summed E-state index contributed by atoms with van der Waals surface area (Å²) in [5, 5.41) is 2.98. The maximum Gasteiger partial charge on any atom is 0.260 e. The van der Waals surface area contributed by atoms with Crippen LogP contribution < -0.4 is 5.32 Å². The molecule has 0 atom stereocenters. The Balaban J connectivity index is 2.09. The van der Waals surface area contributed by atoms with Crippen LogP contribution in [-0.4, -0.2) is 16.7 Å². The Bertz CT molecular complexity index is 516. The highest BCUT2D eigenvalue weighted by Gasteiger charge is 2.11. The lowest BCUT2D eigenvalue weighted by Gasteiger charge is -1.96. The van der Waals surface area contributed by atoms with Crippen molar-refractivity contribution >= 4 is 28.2 Å². The van der Waals surface area contributed by atoms with Crippen LogP contribution in [0.5, 0.6) is 0 Å². The van der Waals surface area contributed by atoms with Gasteiger partial charge in [0.25, 0.3) is 5.91 Å². The predicted molar refractivity (Wildman–Crippen MR) is 58.8 cm³/mol. The first-order valence-electron chi connectivity index (χ1n) is 4.47. The third-order valence-corrected chi connectivity index (χ3v) is 2.87. The third-order valence-electron chi connectivity index (χ3n) is 1.86. The van der Waals surface area contributed by atoms with Gasteiger partial charge in [0.2, 0.25) is 0 Å². The quantitative estimate of drug-likeness (QED) is 0.829. The molecule has 0 spiro atoms. The normalized spacial score (nSPS) is 10.1. The molecule has 2 aromatic heterocycles. The van der Waals surface area contributed by atoms with E-state index in [1.54, 1.807) is 6.07 Å². The average Bonchev–Trinajstić information content (AvgIpc) is 2.87. The van der Waals surface area contributed by atoms with Crippen LogP contribution in [0.1, 0.15) is 27.0 Å². The third kappa shape index (κ3) is 2.17. The van der Waals surface area contributed by atoms with Crippen molar-refractivity contribution in [1.82, 2.24) is 4.98 Å². The summed E-state index contributed by atoms with van der Waals surface area (Å²) in [6.07, 6.45) is 4.20. The van der Waals surface area contributed by atoms with Gasteiger partial charge in [-0.25, -0.2) is 4.98 Å². The molecule has 2 aromatic rings. The minimum Gasteiger partial charge on any atom is -0.472 e. The summed E-state index contributed by atoms with van der Waals surface area (Å²) in [6, 6.07) is 1.55. The van der Waals surface area contributed by atoms with E-state index in [1.165, 1.54) is 25.6 Å². The smallest absolute Gasteiger partial charge is 0.260 e. The van der Waals surface area contributed by atoms with Crippen molar-refractivity contribution in [3.8, 4) is 0 Å². The van der Waals surface area contributed by atoms with E-state index in [1.807, 2.05) is 0 Å². The average molecular weight is 236 g/mol. The number of rotatable bonds is 3. The van der Waals surface area contributed by atoms with Crippen LogP contribution in [0.15, 0.2) is 29.2 Å². The molecular formula is C10H8N2O3S. The molecule has 0 unspecified atom stereocenters. The van der Waals surface area contributed by atoms with Gasteiger partial charge in [-0.15, -0.1) is 0 Å². The second-order valence-corrected chi connectivity index (χ2v) is 4.08. The zero-order valence-electron chi connectivity index (χ0n) is 8.39. The standard InChI is InChI=1S/C10H8N2O3S/c1-6(13)8-4-11-10(16-8)12-9(14)7-2-3-15-5-7/h2-5H,1H3,(H,11,12,14). The number of anilines is 1. The molecule has 0 aliphatic carbocycles. The SMILES string of the molecule is CC(=O)c1cnc(NC(=O)c2ccoc2)s1. The molecule has 2 rings (SSSR count). The van der Waals surface area contributed by atoms with E-state index < -0.39 is 0 Å². The van der Waals surface area contributed by atoms with Crippen molar-refractivity contribution in [3.05, 3.63) is 35.2 Å². The highest BCUT2D eigenvalue weighted by atomic mass is 32.1. The van der Waals surface area contributed by atoms with Crippen molar-refractivity contribution in [2.45, 2.75) is 6.92 Å². The van der Waals surface area contributed by atoms with Crippen LogP contribution in [0.2, 0.25) is 0 Å². The molecule has 0 aromatic carbocycles. The lowest BCUT2D eigenvalue weighted by molar-refractivity contribution is 0.101. The number of aromatic nitrogens is 1. The number of hydrogen-bond acceptors (Lipinski definition) is 5. The Morgan fingerprint density at radius 2 is 2.31 bits per heavy atom. The van der Waals surface area contributed by atoms with Crippen LogP contribution >= 0.6 is 11.3 Å². The van der Waals surface area contributed by atoms with Gasteiger partial charge >= 0.3 is 0 Å². The first-order chi connectivity index (χ1) is 7.66. The van der Waals surface area contributed by atoms with Crippen molar-refractivity contribution < 1.29 is 14.0 Å². The molecule has 0 aliphatic heterocycles. The molecule has 5 nitrogen and oxygen atoms in total. The minimum atomic E-state index is -0.307. The molecule has 82 valence electrons. The first-order valence-corrected chi connectivity index (χ1v) is 5.29. The topological polar surface area (TPSA) is 72.2 Å². The first kappa shape index (κ1) is 10.6. The molecule has 0 radical (unpaired) electrons. The van der Waals surface area contributed by atoms with Gasteiger partial charge in [-0.05, 0) is 6.07 Å². The second-order valence-electron chi connectivity index (χ2n) is 3.05. The fourth-order valence-corrected chi connectivity index (χ4v) is 1.76. The number of carbonyl (C=O) groups is 2. The second kappa shape index (κ2) is 4.28. The molecule has 0 saturated heterocycles. The number of hydrogen-bond donors (Lipinski definition) is 1. The Labute approximate surface area is 95.1 Å². The van der Waals surface area contributed by atoms with E-state index in [2.05, 4.69) is 10.3 Å². The molecule has 6 heteroatoms. The van der Waals surface area contributed by atoms with Gasteiger partial charge in [0.05, 0.1) is 22.9 Å². The monoisotopic (exact) mass is 236 g/mol. The van der Waals surface area contributed by atoms with Gasteiger partial charge in [0, 0.05) is 6.92 Å². The lowest BCUT2D eigenvalue weighted by Crippen LogP contribution is -2.10. The molecule has 2 heterocycles. The number of nitrogens with zero attached hydrogens (tertiary/aromatic N) is 1. The lowest BCUT2D eigenvalue weighted by atomic mass is 10.3. The van der Waals surface area contributed by atoms with Gasteiger partial charge in [-0.1, -0.05) is 11.3 Å².